The smallest absolute Gasteiger partial charge is 0.125 e. The third-order valence-electron chi connectivity index (χ3n) is 2.03. The Bertz CT molecular complexity index is 302. The first-order chi connectivity index (χ1) is 7.17. The van der Waals surface area contributed by atoms with Crippen molar-refractivity contribution in [3.05, 3.63) is 34.6 Å². The summed E-state index contributed by atoms with van der Waals surface area (Å²) in [7, 11) is 0. The van der Waals surface area contributed by atoms with E-state index < -0.39 is 0 Å². The van der Waals surface area contributed by atoms with Crippen molar-refractivity contribution >= 4 is 11.6 Å². The van der Waals surface area contributed by atoms with Gasteiger partial charge in [-0.15, -0.1) is 0 Å². The van der Waals surface area contributed by atoms with Crippen LogP contribution in [-0.4, -0.2) is 24.8 Å². The fraction of sp³-hybridized carbons (Fsp3) is 0.400. The van der Waals surface area contributed by atoms with Crippen molar-refractivity contribution in [3.63, 3.8) is 0 Å². The van der Waals surface area contributed by atoms with Gasteiger partial charge in [0.15, 0.2) is 0 Å². The molecule has 0 saturated heterocycles. The summed E-state index contributed by atoms with van der Waals surface area (Å²) >= 11 is 5.73. The molecule has 0 aliphatic heterocycles. The standard InChI is InChI=1S/C10H14ClFN2O/c11-8-3-7(4-9(12)5-8)10(6-13)14-1-2-15/h3-5,10,14-15H,1-2,6,13H2. The van der Waals surface area contributed by atoms with Gasteiger partial charge in [-0.05, 0) is 23.8 Å². The first-order valence-corrected chi connectivity index (χ1v) is 5.05. The topological polar surface area (TPSA) is 58.3 Å². The highest BCUT2D eigenvalue weighted by molar-refractivity contribution is 6.30. The van der Waals surface area contributed by atoms with E-state index in [4.69, 9.17) is 22.4 Å². The van der Waals surface area contributed by atoms with Crippen LogP contribution in [0.5, 0.6) is 0 Å². The van der Waals surface area contributed by atoms with Gasteiger partial charge in [0.05, 0.1) is 6.61 Å². The highest BCUT2D eigenvalue weighted by Gasteiger charge is 2.10. The minimum absolute atomic E-state index is 0.0134. The van der Waals surface area contributed by atoms with E-state index in [9.17, 15) is 4.39 Å². The van der Waals surface area contributed by atoms with E-state index in [1.165, 1.54) is 12.1 Å². The summed E-state index contributed by atoms with van der Waals surface area (Å²) in [5, 5.41) is 12.0. The van der Waals surface area contributed by atoms with E-state index in [2.05, 4.69) is 5.32 Å². The lowest BCUT2D eigenvalue weighted by molar-refractivity contribution is 0.285. The van der Waals surface area contributed by atoms with Crippen LogP contribution in [0.1, 0.15) is 11.6 Å². The van der Waals surface area contributed by atoms with Crippen LogP contribution in [-0.2, 0) is 0 Å². The second-order valence-electron chi connectivity index (χ2n) is 3.17. The molecule has 0 aliphatic rings. The molecule has 84 valence electrons. The molecule has 3 nitrogen and oxygen atoms in total. The lowest BCUT2D eigenvalue weighted by Crippen LogP contribution is -2.30. The number of benzene rings is 1. The number of aliphatic hydroxyl groups is 1. The fourth-order valence-electron chi connectivity index (χ4n) is 1.35. The molecule has 0 spiro atoms. The van der Waals surface area contributed by atoms with E-state index in [0.29, 0.717) is 23.7 Å². The minimum Gasteiger partial charge on any atom is -0.395 e. The van der Waals surface area contributed by atoms with Gasteiger partial charge in [-0.2, -0.15) is 0 Å². The monoisotopic (exact) mass is 232 g/mol. The molecule has 15 heavy (non-hydrogen) atoms. The molecule has 1 atom stereocenters. The Hall–Kier alpha value is -0.680. The molecule has 0 aromatic heterocycles. The first-order valence-electron chi connectivity index (χ1n) is 4.67. The third-order valence-corrected chi connectivity index (χ3v) is 2.24. The summed E-state index contributed by atoms with van der Waals surface area (Å²) < 4.78 is 13.0. The third kappa shape index (κ3) is 3.76. The van der Waals surface area contributed by atoms with Crippen LogP contribution in [0.15, 0.2) is 18.2 Å². The molecule has 1 unspecified atom stereocenters. The van der Waals surface area contributed by atoms with Gasteiger partial charge in [-0.25, -0.2) is 4.39 Å². The predicted octanol–water partition coefficient (Wildman–Crippen LogP) is 1.06. The molecule has 1 aromatic carbocycles. The molecule has 0 saturated carbocycles. The molecular weight excluding hydrogens is 219 g/mol. The number of nitrogens with two attached hydrogens (primary N) is 1. The normalized spacial score (nSPS) is 12.8. The van der Waals surface area contributed by atoms with Gasteiger partial charge in [-0.3, -0.25) is 0 Å². The highest BCUT2D eigenvalue weighted by Crippen LogP contribution is 2.19. The van der Waals surface area contributed by atoms with E-state index in [1.54, 1.807) is 6.07 Å². The van der Waals surface area contributed by atoms with Crippen molar-refractivity contribution in [1.29, 1.82) is 0 Å². The zero-order valence-electron chi connectivity index (χ0n) is 8.21. The van der Waals surface area contributed by atoms with Gasteiger partial charge in [-0.1, -0.05) is 11.6 Å². The lowest BCUT2D eigenvalue weighted by Gasteiger charge is -2.16. The predicted molar refractivity (Wildman–Crippen MR) is 58.3 cm³/mol. The van der Waals surface area contributed by atoms with Gasteiger partial charge in [0.25, 0.3) is 0 Å². The van der Waals surface area contributed by atoms with E-state index in [1.807, 2.05) is 0 Å². The number of halogens is 2. The van der Waals surface area contributed by atoms with Crippen LogP contribution < -0.4 is 11.1 Å². The average molecular weight is 233 g/mol. The summed E-state index contributed by atoms with van der Waals surface area (Å²) in [6.07, 6.45) is 0. The zero-order chi connectivity index (χ0) is 11.3. The minimum atomic E-state index is -0.387. The molecular formula is C10H14ClFN2O. The maximum Gasteiger partial charge on any atom is 0.125 e. The SMILES string of the molecule is NCC(NCCO)c1cc(F)cc(Cl)c1. The molecule has 0 fully saturated rings. The fourth-order valence-corrected chi connectivity index (χ4v) is 1.58. The maximum absolute atomic E-state index is 13.0. The van der Waals surface area contributed by atoms with Crippen molar-refractivity contribution in [3.8, 4) is 0 Å². The molecule has 0 radical (unpaired) electrons. The molecule has 0 aliphatic carbocycles. The van der Waals surface area contributed by atoms with E-state index in [-0.39, 0.29) is 18.5 Å². The zero-order valence-corrected chi connectivity index (χ0v) is 8.97. The van der Waals surface area contributed by atoms with Crippen molar-refractivity contribution < 1.29 is 9.50 Å². The quantitative estimate of drug-likeness (QED) is 0.712. The van der Waals surface area contributed by atoms with Gasteiger partial charge in [0, 0.05) is 24.2 Å². The lowest BCUT2D eigenvalue weighted by atomic mass is 10.1. The summed E-state index contributed by atoms with van der Waals surface area (Å²) in [5.41, 5.74) is 6.23. The number of aliphatic hydroxyl groups excluding tert-OH is 1. The molecule has 0 heterocycles. The van der Waals surface area contributed by atoms with Gasteiger partial charge in [0.2, 0.25) is 0 Å². The van der Waals surface area contributed by atoms with Crippen molar-refractivity contribution in [2.75, 3.05) is 19.7 Å². The van der Waals surface area contributed by atoms with Gasteiger partial charge < -0.3 is 16.2 Å². The van der Waals surface area contributed by atoms with Gasteiger partial charge in [0.1, 0.15) is 5.82 Å². The Morgan fingerprint density at radius 2 is 2.20 bits per heavy atom. The van der Waals surface area contributed by atoms with Crippen LogP contribution >= 0.6 is 11.6 Å². The van der Waals surface area contributed by atoms with E-state index in [0.717, 1.165) is 0 Å². The molecule has 0 amide bonds. The molecule has 1 aromatic rings. The summed E-state index contributed by atoms with van der Waals surface area (Å²) in [4.78, 5) is 0. The van der Waals surface area contributed by atoms with Crippen molar-refractivity contribution in [1.82, 2.24) is 5.32 Å². The Morgan fingerprint density at radius 3 is 2.73 bits per heavy atom. The molecule has 0 bridgehead atoms. The van der Waals surface area contributed by atoms with E-state index >= 15 is 0 Å². The van der Waals surface area contributed by atoms with Crippen molar-refractivity contribution in [2.45, 2.75) is 6.04 Å². The highest BCUT2D eigenvalue weighted by atomic mass is 35.5. The number of nitrogens with one attached hydrogen (secondary N) is 1. The molecule has 4 N–H and O–H groups in total. The largest absolute Gasteiger partial charge is 0.395 e. The number of hydrogen-bond acceptors (Lipinski definition) is 3. The second-order valence-corrected chi connectivity index (χ2v) is 3.61. The Kier molecular flexibility index (Phi) is 4.98. The van der Waals surface area contributed by atoms with Crippen molar-refractivity contribution in [2.24, 2.45) is 5.73 Å². The summed E-state index contributed by atoms with van der Waals surface area (Å²) in [5.74, 6) is -0.387. The second kappa shape index (κ2) is 6.02. The van der Waals surface area contributed by atoms with Crippen LogP contribution in [0.25, 0.3) is 0 Å². The van der Waals surface area contributed by atoms with Crippen LogP contribution in [0.2, 0.25) is 5.02 Å². The molecule has 1 rings (SSSR count). The maximum atomic E-state index is 13.0. The summed E-state index contributed by atoms with van der Waals surface area (Å²) in [6, 6.07) is 4.09. The Balaban J connectivity index is 2.81. The molecule has 5 heteroatoms. The number of rotatable bonds is 5. The summed E-state index contributed by atoms with van der Waals surface area (Å²) in [6.45, 7) is 0.745. The number of hydrogen-bond donors (Lipinski definition) is 3. The first kappa shape index (κ1) is 12.4. The average Bonchev–Trinajstić information content (AvgIpc) is 2.17. The van der Waals surface area contributed by atoms with Crippen LogP contribution in [0, 0.1) is 5.82 Å². The van der Waals surface area contributed by atoms with Crippen LogP contribution in [0.4, 0.5) is 4.39 Å². The van der Waals surface area contributed by atoms with Crippen LogP contribution in [0.3, 0.4) is 0 Å². The van der Waals surface area contributed by atoms with Gasteiger partial charge >= 0.3 is 0 Å². The Labute approximate surface area is 93.0 Å². The Morgan fingerprint density at radius 1 is 1.47 bits per heavy atom.